The molecule has 0 saturated heterocycles. The Labute approximate surface area is 69.5 Å². The summed E-state index contributed by atoms with van der Waals surface area (Å²) in [4.78, 5) is 19.3. The lowest BCUT2D eigenvalue weighted by atomic mass is 10.3. The number of pyridine rings is 1. The summed E-state index contributed by atoms with van der Waals surface area (Å²) in [6.07, 6.45) is 1.49. The van der Waals surface area contributed by atoms with Gasteiger partial charge in [0, 0.05) is 6.20 Å². The first kappa shape index (κ1) is 8.48. The van der Waals surface area contributed by atoms with Crippen molar-refractivity contribution >= 4 is 11.6 Å². The van der Waals surface area contributed by atoms with Crippen LogP contribution in [0.25, 0.3) is 0 Å². The number of aromatic nitrogens is 1. The van der Waals surface area contributed by atoms with E-state index < -0.39 is 5.91 Å². The van der Waals surface area contributed by atoms with E-state index in [2.05, 4.69) is 15.3 Å². The van der Waals surface area contributed by atoms with E-state index in [-0.39, 0.29) is 5.69 Å². The minimum Gasteiger partial charge on any atom is -0.397 e. The van der Waals surface area contributed by atoms with E-state index in [1.54, 1.807) is 12.1 Å². The smallest absolute Gasteiger partial charge is 0.295 e. The standard InChI is InChI=1S/C7H9N3O2/c1-12-10-7(11)6-5(8)3-2-4-9-6/h2-4H,8H2,1H3,(H,10,11). The third-order valence-corrected chi connectivity index (χ3v) is 1.25. The van der Waals surface area contributed by atoms with E-state index in [9.17, 15) is 4.79 Å². The molecule has 64 valence electrons. The molecule has 3 N–H and O–H groups in total. The molecule has 0 aliphatic heterocycles. The SMILES string of the molecule is CONC(=O)c1ncccc1N. The van der Waals surface area contributed by atoms with Crippen LogP contribution in [-0.2, 0) is 4.84 Å². The minimum atomic E-state index is -0.449. The topological polar surface area (TPSA) is 77.2 Å². The van der Waals surface area contributed by atoms with Crippen LogP contribution >= 0.6 is 0 Å². The van der Waals surface area contributed by atoms with E-state index >= 15 is 0 Å². The number of anilines is 1. The molecule has 0 radical (unpaired) electrons. The number of hydrogen-bond acceptors (Lipinski definition) is 4. The maximum atomic E-state index is 11.1. The molecule has 1 aromatic rings. The van der Waals surface area contributed by atoms with Crippen LogP contribution in [0.4, 0.5) is 5.69 Å². The highest BCUT2D eigenvalue weighted by atomic mass is 16.6. The van der Waals surface area contributed by atoms with Gasteiger partial charge in [-0.2, -0.15) is 0 Å². The highest BCUT2D eigenvalue weighted by Gasteiger charge is 2.08. The van der Waals surface area contributed by atoms with Crippen LogP contribution in [0.5, 0.6) is 0 Å². The molecule has 1 rings (SSSR count). The van der Waals surface area contributed by atoms with Crippen LogP contribution in [0.15, 0.2) is 18.3 Å². The van der Waals surface area contributed by atoms with Crippen molar-refractivity contribution in [3.8, 4) is 0 Å². The van der Waals surface area contributed by atoms with Crippen LogP contribution in [-0.4, -0.2) is 18.0 Å². The molecule has 12 heavy (non-hydrogen) atoms. The van der Waals surface area contributed by atoms with E-state index in [4.69, 9.17) is 5.73 Å². The fourth-order valence-corrected chi connectivity index (χ4v) is 0.748. The van der Waals surface area contributed by atoms with E-state index in [1.807, 2.05) is 0 Å². The zero-order valence-corrected chi connectivity index (χ0v) is 6.57. The Kier molecular flexibility index (Phi) is 2.60. The summed E-state index contributed by atoms with van der Waals surface area (Å²) < 4.78 is 0. The molecule has 0 aromatic carbocycles. The predicted octanol–water partition coefficient (Wildman–Crippen LogP) is -0.0450. The second-order valence-corrected chi connectivity index (χ2v) is 2.08. The third kappa shape index (κ3) is 1.70. The molecular formula is C7H9N3O2. The van der Waals surface area contributed by atoms with Gasteiger partial charge < -0.3 is 5.73 Å². The number of hydrogen-bond donors (Lipinski definition) is 2. The number of nitrogen functional groups attached to an aromatic ring is 1. The summed E-state index contributed by atoms with van der Waals surface area (Å²) in [7, 11) is 1.34. The Bertz CT molecular complexity index is 288. The quantitative estimate of drug-likeness (QED) is 0.605. The molecule has 0 spiro atoms. The summed E-state index contributed by atoms with van der Waals surface area (Å²) in [5, 5.41) is 0. The van der Waals surface area contributed by atoms with E-state index in [0.717, 1.165) is 0 Å². The van der Waals surface area contributed by atoms with Gasteiger partial charge >= 0.3 is 0 Å². The van der Waals surface area contributed by atoms with Crippen molar-refractivity contribution in [1.82, 2.24) is 10.5 Å². The van der Waals surface area contributed by atoms with Crippen molar-refractivity contribution in [3.05, 3.63) is 24.0 Å². The maximum Gasteiger partial charge on any atom is 0.295 e. The molecule has 0 bridgehead atoms. The lowest BCUT2D eigenvalue weighted by Gasteiger charge is -2.02. The maximum absolute atomic E-state index is 11.1. The summed E-state index contributed by atoms with van der Waals surface area (Å²) in [5.74, 6) is -0.449. The van der Waals surface area contributed by atoms with Crippen molar-refractivity contribution in [1.29, 1.82) is 0 Å². The van der Waals surface area contributed by atoms with Gasteiger partial charge in [-0.05, 0) is 12.1 Å². The number of nitrogens with one attached hydrogen (secondary N) is 1. The zero-order valence-electron chi connectivity index (χ0n) is 6.57. The Morgan fingerprint density at radius 1 is 1.75 bits per heavy atom. The van der Waals surface area contributed by atoms with Crippen LogP contribution < -0.4 is 11.2 Å². The number of nitrogens with two attached hydrogens (primary N) is 1. The Morgan fingerprint density at radius 3 is 3.08 bits per heavy atom. The fraction of sp³-hybridized carbons (Fsp3) is 0.143. The highest BCUT2D eigenvalue weighted by molar-refractivity contribution is 5.96. The molecule has 0 saturated carbocycles. The van der Waals surface area contributed by atoms with Gasteiger partial charge in [0.25, 0.3) is 5.91 Å². The fourth-order valence-electron chi connectivity index (χ4n) is 0.748. The molecular weight excluding hydrogens is 158 g/mol. The summed E-state index contributed by atoms with van der Waals surface area (Å²) in [6.45, 7) is 0. The first-order chi connectivity index (χ1) is 5.75. The second kappa shape index (κ2) is 3.68. The molecule has 0 atom stereocenters. The molecule has 1 aromatic heterocycles. The van der Waals surface area contributed by atoms with Gasteiger partial charge in [-0.1, -0.05) is 0 Å². The first-order valence-corrected chi connectivity index (χ1v) is 3.29. The predicted molar refractivity (Wildman–Crippen MR) is 43.1 cm³/mol. The van der Waals surface area contributed by atoms with E-state index in [1.165, 1.54) is 13.3 Å². The third-order valence-electron chi connectivity index (χ3n) is 1.25. The van der Waals surface area contributed by atoms with Crippen LogP contribution in [0.1, 0.15) is 10.5 Å². The average molecular weight is 167 g/mol. The van der Waals surface area contributed by atoms with Gasteiger partial charge in [-0.25, -0.2) is 10.5 Å². The van der Waals surface area contributed by atoms with Gasteiger partial charge in [-0.3, -0.25) is 9.63 Å². The van der Waals surface area contributed by atoms with Gasteiger partial charge in [-0.15, -0.1) is 0 Å². The Hall–Kier alpha value is -1.62. The van der Waals surface area contributed by atoms with Crippen LogP contribution in [0.2, 0.25) is 0 Å². The molecule has 0 unspecified atom stereocenters. The normalized spacial score (nSPS) is 9.42. The van der Waals surface area contributed by atoms with Gasteiger partial charge in [0.15, 0.2) is 5.69 Å². The number of hydroxylamine groups is 1. The van der Waals surface area contributed by atoms with Crippen molar-refractivity contribution in [2.45, 2.75) is 0 Å². The number of carbonyl (C=O) groups excluding carboxylic acids is 1. The second-order valence-electron chi connectivity index (χ2n) is 2.08. The number of rotatable bonds is 2. The number of amides is 1. The van der Waals surface area contributed by atoms with Gasteiger partial charge in [0.05, 0.1) is 12.8 Å². The molecule has 0 fully saturated rings. The average Bonchev–Trinajstić information content (AvgIpc) is 2.05. The summed E-state index contributed by atoms with van der Waals surface area (Å²) in [6, 6.07) is 3.25. The van der Waals surface area contributed by atoms with Crippen molar-refractivity contribution in [3.63, 3.8) is 0 Å². The highest BCUT2D eigenvalue weighted by Crippen LogP contribution is 2.05. The monoisotopic (exact) mass is 167 g/mol. The largest absolute Gasteiger partial charge is 0.397 e. The zero-order chi connectivity index (χ0) is 8.97. The van der Waals surface area contributed by atoms with Crippen molar-refractivity contribution in [2.24, 2.45) is 0 Å². The molecule has 5 heteroatoms. The van der Waals surface area contributed by atoms with Gasteiger partial charge in [0.1, 0.15) is 0 Å². The Balaban J connectivity index is 2.87. The Morgan fingerprint density at radius 2 is 2.50 bits per heavy atom. The minimum absolute atomic E-state index is 0.166. The molecule has 5 nitrogen and oxygen atoms in total. The lowest BCUT2D eigenvalue weighted by molar-refractivity contribution is 0.0533. The van der Waals surface area contributed by atoms with Crippen LogP contribution in [0.3, 0.4) is 0 Å². The molecule has 0 aliphatic rings. The number of carbonyl (C=O) groups is 1. The van der Waals surface area contributed by atoms with Crippen molar-refractivity contribution in [2.75, 3.05) is 12.8 Å². The summed E-state index contributed by atoms with van der Waals surface area (Å²) in [5.41, 5.74) is 8.09. The molecule has 0 aliphatic carbocycles. The van der Waals surface area contributed by atoms with Crippen LogP contribution in [0, 0.1) is 0 Å². The van der Waals surface area contributed by atoms with E-state index in [0.29, 0.717) is 5.69 Å². The number of nitrogens with zero attached hydrogens (tertiary/aromatic N) is 1. The van der Waals surface area contributed by atoms with Crippen molar-refractivity contribution < 1.29 is 9.63 Å². The van der Waals surface area contributed by atoms with Gasteiger partial charge in [0.2, 0.25) is 0 Å². The molecule has 1 heterocycles. The lowest BCUT2D eigenvalue weighted by Crippen LogP contribution is -2.23. The summed E-state index contributed by atoms with van der Waals surface area (Å²) >= 11 is 0. The molecule has 1 amide bonds. The first-order valence-electron chi connectivity index (χ1n) is 3.29.